The Hall–Kier alpha value is -0.500. The van der Waals surface area contributed by atoms with E-state index in [-0.39, 0.29) is 17.5 Å². The second kappa shape index (κ2) is 6.98. The van der Waals surface area contributed by atoms with Crippen molar-refractivity contribution in [1.29, 1.82) is 0 Å². The number of sulfonamides is 1. The maximum atomic E-state index is 13.6. The van der Waals surface area contributed by atoms with Gasteiger partial charge in [0, 0.05) is 11.0 Å². The van der Waals surface area contributed by atoms with E-state index in [4.69, 9.17) is 4.74 Å². The molecule has 0 amide bonds. The molecule has 0 unspecified atom stereocenters. The molecule has 0 bridgehead atoms. The van der Waals surface area contributed by atoms with Crippen LogP contribution >= 0.6 is 15.9 Å². The lowest BCUT2D eigenvalue weighted by Crippen LogP contribution is -2.29. The molecular formula is C13H17BrFNO3S. The lowest BCUT2D eigenvalue weighted by Gasteiger charge is -2.12. The zero-order valence-corrected chi connectivity index (χ0v) is 13.3. The van der Waals surface area contributed by atoms with E-state index < -0.39 is 15.8 Å². The van der Waals surface area contributed by atoms with Gasteiger partial charge in [-0.3, -0.25) is 0 Å². The van der Waals surface area contributed by atoms with E-state index in [1.807, 2.05) is 0 Å². The minimum absolute atomic E-state index is 0.147. The van der Waals surface area contributed by atoms with Gasteiger partial charge in [0.15, 0.2) is 0 Å². The minimum atomic E-state index is -3.83. The summed E-state index contributed by atoms with van der Waals surface area (Å²) in [6, 6.07) is 3.86. The monoisotopic (exact) mass is 365 g/mol. The van der Waals surface area contributed by atoms with Gasteiger partial charge < -0.3 is 4.74 Å². The molecule has 1 saturated carbocycles. The molecular weight excluding hydrogens is 349 g/mol. The highest BCUT2D eigenvalue weighted by Crippen LogP contribution is 2.21. The largest absolute Gasteiger partial charge is 0.377 e. The summed E-state index contributed by atoms with van der Waals surface area (Å²) in [5.74, 6) is -0.774. The molecule has 112 valence electrons. The van der Waals surface area contributed by atoms with E-state index in [0.717, 1.165) is 18.9 Å². The van der Waals surface area contributed by atoms with Crippen LogP contribution in [0.15, 0.2) is 27.6 Å². The maximum Gasteiger partial charge on any atom is 0.243 e. The van der Waals surface area contributed by atoms with Gasteiger partial charge in [-0.25, -0.2) is 17.5 Å². The van der Waals surface area contributed by atoms with Crippen molar-refractivity contribution in [2.45, 2.75) is 36.7 Å². The summed E-state index contributed by atoms with van der Waals surface area (Å²) in [5, 5.41) is 0. The van der Waals surface area contributed by atoms with Crippen LogP contribution in [-0.4, -0.2) is 27.7 Å². The predicted molar refractivity (Wildman–Crippen MR) is 77.5 cm³/mol. The predicted octanol–water partition coefficient (Wildman–Crippen LogP) is 2.83. The van der Waals surface area contributed by atoms with Crippen molar-refractivity contribution in [2.24, 2.45) is 0 Å². The molecule has 0 radical (unpaired) electrons. The lowest BCUT2D eigenvalue weighted by atomic mass is 10.3. The molecule has 1 aliphatic carbocycles. The molecule has 1 N–H and O–H groups in total. The SMILES string of the molecule is O=S(=O)(NCCOC1CCCC1)c1ccc(Br)cc1F. The van der Waals surface area contributed by atoms with Crippen LogP contribution in [0.1, 0.15) is 25.7 Å². The average molecular weight is 366 g/mol. The Bertz CT molecular complexity index is 559. The highest BCUT2D eigenvalue weighted by Gasteiger charge is 2.19. The topological polar surface area (TPSA) is 55.4 Å². The third kappa shape index (κ3) is 4.25. The molecule has 1 aliphatic rings. The van der Waals surface area contributed by atoms with Crippen LogP contribution in [0.4, 0.5) is 4.39 Å². The molecule has 0 aliphatic heterocycles. The Morgan fingerprint density at radius 3 is 2.70 bits per heavy atom. The first-order valence-corrected chi connectivity index (χ1v) is 8.83. The summed E-state index contributed by atoms with van der Waals surface area (Å²) >= 11 is 3.09. The van der Waals surface area contributed by atoms with Gasteiger partial charge in [-0.2, -0.15) is 0 Å². The van der Waals surface area contributed by atoms with Gasteiger partial charge in [0.2, 0.25) is 10.0 Å². The van der Waals surface area contributed by atoms with E-state index in [0.29, 0.717) is 11.1 Å². The molecule has 4 nitrogen and oxygen atoms in total. The number of hydrogen-bond acceptors (Lipinski definition) is 3. The standard InChI is InChI=1S/C13H17BrFNO3S/c14-10-5-6-13(12(15)9-10)20(17,18)16-7-8-19-11-3-1-2-4-11/h5-6,9,11,16H,1-4,7-8H2. The van der Waals surface area contributed by atoms with Gasteiger partial charge in [0.25, 0.3) is 0 Å². The number of hydrogen-bond donors (Lipinski definition) is 1. The van der Waals surface area contributed by atoms with Crippen LogP contribution in [0.5, 0.6) is 0 Å². The van der Waals surface area contributed by atoms with Gasteiger partial charge in [-0.05, 0) is 31.0 Å². The molecule has 0 saturated heterocycles. The first-order chi connectivity index (χ1) is 9.49. The second-order valence-corrected chi connectivity index (χ2v) is 7.40. The van der Waals surface area contributed by atoms with Gasteiger partial charge in [0.1, 0.15) is 10.7 Å². The highest BCUT2D eigenvalue weighted by atomic mass is 79.9. The zero-order chi connectivity index (χ0) is 14.6. The molecule has 0 heterocycles. The summed E-state index contributed by atoms with van der Waals surface area (Å²) in [4.78, 5) is -0.346. The molecule has 1 fully saturated rings. The fourth-order valence-electron chi connectivity index (χ4n) is 2.23. The van der Waals surface area contributed by atoms with Gasteiger partial charge in [-0.15, -0.1) is 0 Å². The summed E-state index contributed by atoms with van der Waals surface area (Å²) < 4.78 is 45.9. The quantitative estimate of drug-likeness (QED) is 0.788. The van der Waals surface area contributed by atoms with Gasteiger partial charge >= 0.3 is 0 Å². The maximum absolute atomic E-state index is 13.6. The summed E-state index contributed by atoms with van der Waals surface area (Å²) in [6.07, 6.45) is 4.65. The Morgan fingerprint density at radius 2 is 2.05 bits per heavy atom. The number of rotatable bonds is 6. The Morgan fingerprint density at radius 1 is 1.35 bits per heavy atom. The summed E-state index contributed by atoms with van der Waals surface area (Å²) in [5.41, 5.74) is 0. The molecule has 2 rings (SSSR count). The van der Waals surface area contributed by atoms with Gasteiger partial charge in [-0.1, -0.05) is 28.8 Å². The van der Waals surface area contributed by atoms with E-state index in [1.54, 1.807) is 0 Å². The molecule has 1 aromatic carbocycles. The van der Waals surface area contributed by atoms with Crippen molar-refractivity contribution in [3.8, 4) is 0 Å². The summed E-state index contributed by atoms with van der Waals surface area (Å²) in [6.45, 7) is 0.455. The van der Waals surface area contributed by atoms with Crippen LogP contribution < -0.4 is 4.72 Å². The van der Waals surface area contributed by atoms with Crippen molar-refractivity contribution in [3.63, 3.8) is 0 Å². The number of ether oxygens (including phenoxy) is 1. The number of benzene rings is 1. The normalized spacial score (nSPS) is 16.7. The fraction of sp³-hybridized carbons (Fsp3) is 0.538. The van der Waals surface area contributed by atoms with Crippen LogP contribution in [-0.2, 0) is 14.8 Å². The first kappa shape index (κ1) is 15.9. The van der Waals surface area contributed by atoms with Crippen molar-refractivity contribution in [2.75, 3.05) is 13.2 Å². The van der Waals surface area contributed by atoms with Crippen LogP contribution in [0, 0.1) is 5.82 Å². The van der Waals surface area contributed by atoms with Crippen LogP contribution in [0.25, 0.3) is 0 Å². The molecule has 20 heavy (non-hydrogen) atoms. The third-order valence-corrected chi connectivity index (χ3v) is 5.22. The van der Waals surface area contributed by atoms with E-state index in [1.165, 1.54) is 25.0 Å². The molecule has 7 heteroatoms. The molecule has 0 spiro atoms. The highest BCUT2D eigenvalue weighted by molar-refractivity contribution is 9.10. The van der Waals surface area contributed by atoms with E-state index in [2.05, 4.69) is 20.7 Å². The number of halogens is 2. The number of nitrogens with one attached hydrogen (secondary N) is 1. The zero-order valence-electron chi connectivity index (χ0n) is 10.9. The van der Waals surface area contributed by atoms with Crippen molar-refractivity contribution < 1.29 is 17.5 Å². The fourth-order valence-corrected chi connectivity index (χ4v) is 3.63. The van der Waals surface area contributed by atoms with E-state index in [9.17, 15) is 12.8 Å². The molecule has 0 atom stereocenters. The Labute approximate surface area is 126 Å². The van der Waals surface area contributed by atoms with Crippen LogP contribution in [0.2, 0.25) is 0 Å². The first-order valence-electron chi connectivity index (χ1n) is 6.55. The van der Waals surface area contributed by atoms with Crippen LogP contribution in [0.3, 0.4) is 0 Å². The smallest absolute Gasteiger partial charge is 0.243 e. The molecule has 1 aromatic rings. The molecule has 0 aromatic heterocycles. The average Bonchev–Trinajstić information content (AvgIpc) is 2.87. The van der Waals surface area contributed by atoms with Gasteiger partial charge in [0.05, 0.1) is 12.7 Å². The lowest BCUT2D eigenvalue weighted by molar-refractivity contribution is 0.0626. The van der Waals surface area contributed by atoms with Crippen molar-refractivity contribution in [1.82, 2.24) is 4.72 Å². The third-order valence-electron chi connectivity index (χ3n) is 3.23. The van der Waals surface area contributed by atoms with E-state index >= 15 is 0 Å². The second-order valence-electron chi connectivity index (χ2n) is 4.75. The Balaban J connectivity index is 1.87. The Kier molecular flexibility index (Phi) is 5.54. The minimum Gasteiger partial charge on any atom is -0.377 e. The van der Waals surface area contributed by atoms with Crippen molar-refractivity contribution >= 4 is 26.0 Å². The summed E-state index contributed by atoms with van der Waals surface area (Å²) in [7, 11) is -3.83. The van der Waals surface area contributed by atoms with Crippen molar-refractivity contribution in [3.05, 3.63) is 28.5 Å².